The monoisotopic (exact) mass is 358 g/mol. The maximum Gasteiger partial charge on any atom is 0.249 e. The first-order valence-corrected chi connectivity index (χ1v) is 21.7. The van der Waals surface area contributed by atoms with Crippen molar-refractivity contribution in [2.24, 2.45) is 0 Å². The minimum Gasteiger partial charge on any atom is -0.146 e. The quantitative estimate of drug-likeness (QED) is 0.399. The molecule has 0 aromatic carbocycles. The first kappa shape index (κ1) is 19.4. The van der Waals surface area contributed by atoms with Gasteiger partial charge in [0.15, 0.2) is 0 Å². The molecule has 0 spiro atoms. The number of halogens is 2. The molecule has 18 heavy (non-hydrogen) atoms. The van der Waals surface area contributed by atoms with Crippen LogP contribution in [0, 0.1) is 0 Å². The van der Waals surface area contributed by atoms with Crippen LogP contribution in [0.25, 0.3) is 0 Å². The average Bonchev–Trinajstić information content (AvgIpc) is 1.94. The average molecular weight is 360 g/mol. The standard InChI is InChI=1S/C12H32Cl2Si4/c1-11-18(13,14)12(15(2,3)4,16(5,6)7)17(8,9)10/h11H2,1-10H3. The Kier molecular flexibility index (Phi) is 5.76. The van der Waals surface area contributed by atoms with Gasteiger partial charge in [-0.05, 0) is 9.95 Å². The Balaban J connectivity index is 6.47. The fraction of sp³-hybridized carbons (Fsp3) is 1.00. The van der Waals surface area contributed by atoms with Crippen molar-refractivity contribution in [1.29, 1.82) is 0 Å². The first-order valence-electron chi connectivity index (χ1n) is 6.94. The topological polar surface area (TPSA) is 0 Å². The van der Waals surface area contributed by atoms with Crippen molar-refractivity contribution < 1.29 is 0 Å². The van der Waals surface area contributed by atoms with Gasteiger partial charge in [0.2, 0.25) is 6.69 Å². The van der Waals surface area contributed by atoms with Crippen molar-refractivity contribution >= 4 is 53.1 Å². The van der Waals surface area contributed by atoms with E-state index in [1.165, 1.54) is 0 Å². The number of hydrogen-bond donors (Lipinski definition) is 0. The van der Waals surface area contributed by atoms with Crippen molar-refractivity contribution in [2.75, 3.05) is 0 Å². The normalized spacial score (nSPS) is 16.0. The second-order valence-corrected chi connectivity index (χ2v) is 34.6. The summed E-state index contributed by atoms with van der Waals surface area (Å²) in [5.74, 6) is 0. The van der Waals surface area contributed by atoms with Gasteiger partial charge < -0.3 is 0 Å². The summed E-state index contributed by atoms with van der Waals surface area (Å²) in [5, 5.41) is 0. The van der Waals surface area contributed by atoms with E-state index in [9.17, 15) is 0 Å². The van der Waals surface area contributed by atoms with Crippen LogP contribution in [0.15, 0.2) is 0 Å². The Morgan fingerprint density at radius 2 is 0.889 bits per heavy atom. The maximum absolute atomic E-state index is 7.11. The summed E-state index contributed by atoms with van der Waals surface area (Å²) in [5.41, 5.74) is 0. The third kappa shape index (κ3) is 2.89. The molecule has 0 atom stereocenters. The lowest BCUT2D eigenvalue weighted by Crippen LogP contribution is -2.74. The molecule has 0 aromatic rings. The highest BCUT2D eigenvalue weighted by Gasteiger charge is 2.69. The number of hydrogen-bond acceptors (Lipinski definition) is 0. The molecular weight excluding hydrogens is 327 g/mol. The molecule has 0 saturated heterocycles. The predicted octanol–water partition coefficient (Wildman–Crippen LogP) is 6.30. The minimum absolute atomic E-state index is 0.345. The molecule has 0 nitrogen and oxygen atoms in total. The summed E-state index contributed by atoms with van der Waals surface area (Å²) in [6, 6.07) is 0.995. The molecule has 110 valence electrons. The second-order valence-electron chi connectivity index (χ2n) is 8.56. The lowest BCUT2D eigenvalue weighted by Gasteiger charge is -2.63. The maximum atomic E-state index is 7.11. The molecule has 0 aliphatic heterocycles. The highest BCUT2D eigenvalue weighted by Crippen LogP contribution is 2.63. The van der Waals surface area contributed by atoms with Gasteiger partial charge >= 0.3 is 0 Å². The molecule has 0 aromatic heterocycles. The molecule has 0 bridgehead atoms. The zero-order chi connectivity index (χ0) is 15.2. The molecule has 0 heterocycles. The van der Waals surface area contributed by atoms with Crippen molar-refractivity contribution in [3.63, 3.8) is 0 Å². The van der Waals surface area contributed by atoms with E-state index in [0.29, 0.717) is 3.91 Å². The fourth-order valence-electron chi connectivity index (χ4n) is 5.29. The Labute approximate surface area is 128 Å². The van der Waals surface area contributed by atoms with Crippen LogP contribution >= 0.6 is 22.2 Å². The van der Waals surface area contributed by atoms with Gasteiger partial charge in [0, 0.05) is 24.2 Å². The van der Waals surface area contributed by atoms with Gasteiger partial charge in [0.25, 0.3) is 0 Å². The molecule has 6 heteroatoms. The van der Waals surface area contributed by atoms with Crippen LogP contribution in [0.5, 0.6) is 0 Å². The van der Waals surface area contributed by atoms with E-state index in [4.69, 9.17) is 22.2 Å². The van der Waals surface area contributed by atoms with Crippen LogP contribution in [0.2, 0.25) is 68.9 Å². The number of rotatable bonds is 5. The van der Waals surface area contributed by atoms with E-state index in [2.05, 4.69) is 65.8 Å². The van der Waals surface area contributed by atoms with Gasteiger partial charge in [-0.2, -0.15) is 0 Å². The Morgan fingerprint density at radius 3 is 0.944 bits per heavy atom. The highest BCUT2D eigenvalue weighted by atomic mass is 35.7. The van der Waals surface area contributed by atoms with Crippen LogP contribution < -0.4 is 0 Å². The summed E-state index contributed by atoms with van der Waals surface area (Å²) < 4.78 is 0.345. The van der Waals surface area contributed by atoms with E-state index in [1.54, 1.807) is 0 Å². The van der Waals surface area contributed by atoms with E-state index in [-0.39, 0.29) is 0 Å². The summed E-state index contributed by atoms with van der Waals surface area (Å²) in [6.07, 6.45) is 0. The lowest BCUT2D eigenvalue weighted by atomic mass is 11.0. The Morgan fingerprint density at radius 1 is 0.667 bits per heavy atom. The third-order valence-corrected chi connectivity index (χ3v) is 43.4. The Hall–Kier alpha value is 1.45. The van der Waals surface area contributed by atoms with Crippen LogP contribution in [0.1, 0.15) is 6.92 Å². The molecule has 0 N–H and O–H groups in total. The fourth-order valence-corrected chi connectivity index (χ4v) is 62.9. The van der Waals surface area contributed by atoms with Gasteiger partial charge in [0.05, 0.1) is 0 Å². The van der Waals surface area contributed by atoms with E-state index in [1.807, 2.05) is 0 Å². The molecule has 0 saturated carbocycles. The van der Waals surface area contributed by atoms with E-state index >= 15 is 0 Å². The Bertz CT molecular complexity index is 259. The largest absolute Gasteiger partial charge is 0.249 e. The highest BCUT2D eigenvalue weighted by molar-refractivity contribution is 7.57. The van der Waals surface area contributed by atoms with Crippen LogP contribution in [-0.4, -0.2) is 30.9 Å². The van der Waals surface area contributed by atoms with Crippen LogP contribution in [0.3, 0.4) is 0 Å². The molecule has 0 aliphatic rings. The molecule has 0 radical (unpaired) electrons. The summed E-state index contributed by atoms with van der Waals surface area (Å²) in [4.78, 5) is 0. The van der Waals surface area contributed by atoms with Gasteiger partial charge in [-0.25, -0.2) is 0 Å². The zero-order valence-corrected chi connectivity index (χ0v) is 19.5. The zero-order valence-electron chi connectivity index (χ0n) is 14.0. The van der Waals surface area contributed by atoms with Crippen LogP contribution in [-0.2, 0) is 0 Å². The van der Waals surface area contributed by atoms with Crippen molar-refractivity contribution in [3.8, 4) is 0 Å². The summed E-state index contributed by atoms with van der Waals surface area (Å²) in [6.45, 7) is 22.5. The van der Waals surface area contributed by atoms with Crippen molar-refractivity contribution in [2.45, 2.75) is 75.8 Å². The lowest BCUT2D eigenvalue weighted by molar-refractivity contribution is 1.18. The van der Waals surface area contributed by atoms with Crippen molar-refractivity contribution in [3.05, 3.63) is 0 Å². The summed E-state index contributed by atoms with van der Waals surface area (Å²) in [7, 11) is -4.33. The van der Waals surface area contributed by atoms with E-state index < -0.39 is 30.9 Å². The molecule has 0 aliphatic carbocycles. The van der Waals surface area contributed by atoms with Gasteiger partial charge in [-0.1, -0.05) is 65.8 Å². The smallest absolute Gasteiger partial charge is 0.146 e. The minimum atomic E-state index is -2.23. The van der Waals surface area contributed by atoms with Crippen molar-refractivity contribution in [1.82, 2.24) is 0 Å². The van der Waals surface area contributed by atoms with Gasteiger partial charge in [0.1, 0.15) is 0 Å². The second kappa shape index (κ2) is 5.33. The molecule has 0 unspecified atom stereocenters. The first-order chi connectivity index (χ1) is 7.56. The van der Waals surface area contributed by atoms with Gasteiger partial charge in [-0.3, -0.25) is 0 Å². The summed E-state index contributed by atoms with van der Waals surface area (Å²) >= 11 is 14.2. The van der Waals surface area contributed by atoms with Gasteiger partial charge in [-0.15, -0.1) is 22.2 Å². The van der Waals surface area contributed by atoms with E-state index in [0.717, 1.165) is 6.04 Å². The van der Waals surface area contributed by atoms with Crippen LogP contribution in [0.4, 0.5) is 0 Å². The third-order valence-electron chi connectivity index (χ3n) is 4.37. The SMILES string of the molecule is CC[Si](Cl)(Cl)C([Si](C)(C)C)([Si](C)(C)C)[Si](C)(C)C. The predicted molar refractivity (Wildman–Crippen MR) is 101 cm³/mol. The molecular formula is C12H32Cl2Si4. The molecule has 0 rings (SSSR count). The molecule has 0 fully saturated rings. The molecule has 0 amide bonds.